The van der Waals surface area contributed by atoms with Crippen LogP contribution in [-0.4, -0.2) is 17.1 Å². The van der Waals surface area contributed by atoms with Crippen LogP contribution in [0.15, 0.2) is 66.3 Å². The predicted molar refractivity (Wildman–Crippen MR) is 101 cm³/mol. The van der Waals surface area contributed by atoms with E-state index in [1.54, 1.807) is 25.6 Å². The lowest BCUT2D eigenvalue weighted by atomic mass is 10.1. The van der Waals surface area contributed by atoms with E-state index < -0.39 is 0 Å². The van der Waals surface area contributed by atoms with Crippen molar-refractivity contribution in [3.05, 3.63) is 76.9 Å². The maximum atomic E-state index is 9.44. The summed E-state index contributed by atoms with van der Waals surface area (Å²) in [7, 11) is 1.64. The van der Waals surface area contributed by atoms with Gasteiger partial charge < -0.3 is 4.74 Å². The van der Waals surface area contributed by atoms with Crippen LogP contribution in [0.2, 0.25) is 0 Å². The number of aromatic nitrogens is 2. The summed E-state index contributed by atoms with van der Waals surface area (Å²) in [6.07, 6.45) is 8.97. The van der Waals surface area contributed by atoms with Crippen molar-refractivity contribution in [1.82, 2.24) is 9.97 Å². The van der Waals surface area contributed by atoms with Crippen LogP contribution in [0.25, 0.3) is 22.9 Å². The molecule has 0 atom stereocenters. The maximum Gasteiger partial charge on any atom is 0.134 e. The Bertz CT molecular complexity index is 952. The monoisotopic (exact) mass is 345 g/mol. The number of nitriles is 1. The predicted octanol–water partition coefficient (Wildman–Crippen LogP) is 4.83. The van der Waals surface area contributed by atoms with E-state index >= 15 is 0 Å². The molecule has 0 saturated carbocycles. The maximum absolute atomic E-state index is 9.44. The quantitative estimate of drug-likeness (QED) is 0.491. The third-order valence-electron chi connectivity index (χ3n) is 3.51. The average Bonchev–Trinajstić information content (AvgIpc) is 3.16. The van der Waals surface area contributed by atoms with Gasteiger partial charge in [-0.3, -0.25) is 4.98 Å². The molecule has 3 rings (SSSR count). The number of para-hydroxylation sites is 1. The second-order valence-corrected chi connectivity index (χ2v) is 5.93. The van der Waals surface area contributed by atoms with Gasteiger partial charge in [-0.2, -0.15) is 5.26 Å². The number of benzene rings is 1. The number of hydrogen-bond donors (Lipinski definition) is 0. The van der Waals surface area contributed by atoms with Crippen LogP contribution in [0.4, 0.5) is 0 Å². The first-order valence-electron chi connectivity index (χ1n) is 7.59. The van der Waals surface area contributed by atoms with Gasteiger partial charge in [-0.1, -0.05) is 30.4 Å². The second-order valence-electron chi connectivity index (χ2n) is 5.07. The number of ether oxygens (including phenoxy) is 1. The van der Waals surface area contributed by atoms with Gasteiger partial charge in [0.1, 0.15) is 16.8 Å². The molecular formula is C20H15N3OS. The van der Waals surface area contributed by atoms with Gasteiger partial charge in [0.15, 0.2) is 0 Å². The Kier molecular flexibility index (Phi) is 5.35. The second kappa shape index (κ2) is 8.04. The topological polar surface area (TPSA) is 58.8 Å². The zero-order valence-electron chi connectivity index (χ0n) is 13.6. The summed E-state index contributed by atoms with van der Waals surface area (Å²) in [5.41, 5.74) is 3.31. The first-order valence-corrected chi connectivity index (χ1v) is 8.47. The molecule has 1 aromatic carbocycles. The van der Waals surface area contributed by atoms with Gasteiger partial charge in [-0.15, -0.1) is 11.3 Å². The van der Waals surface area contributed by atoms with Crippen molar-refractivity contribution in [3.63, 3.8) is 0 Å². The third-order valence-corrected chi connectivity index (χ3v) is 4.38. The molecule has 0 aliphatic rings. The Hall–Kier alpha value is -3.23. The molecule has 0 amide bonds. The average molecular weight is 345 g/mol. The van der Waals surface area contributed by atoms with Gasteiger partial charge in [-0.25, -0.2) is 4.98 Å². The van der Waals surface area contributed by atoms with Crippen molar-refractivity contribution >= 4 is 23.0 Å². The Labute approximate surface area is 150 Å². The molecule has 0 radical (unpaired) electrons. The lowest BCUT2D eigenvalue weighted by Crippen LogP contribution is -1.85. The van der Waals surface area contributed by atoms with E-state index in [0.29, 0.717) is 10.6 Å². The number of hydrogen-bond acceptors (Lipinski definition) is 5. The van der Waals surface area contributed by atoms with E-state index in [1.165, 1.54) is 11.3 Å². The molecule has 0 aliphatic carbocycles. The number of methoxy groups -OCH3 is 1. The van der Waals surface area contributed by atoms with E-state index in [1.807, 2.05) is 53.9 Å². The van der Waals surface area contributed by atoms with Crippen LogP contribution in [0.3, 0.4) is 0 Å². The fourth-order valence-electron chi connectivity index (χ4n) is 2.26. The number of allylic oxidation sites excluding steroid dienone is 3. The summed E-state index contributed by atoms with van der Waals surface area (Å²) in [6, 6.07) is 13.7. The lowest BCUT2D eigenvalue weighted by Gasteiger charge is -2.02. The minimum absolute atomic E-state index is 0.524. The molecule has 0 unspecified atom stereocenters. The third kappa shape index (κ3) is 4.00. The molecular weight excluding hydrogens is 330 g/mol. The van der Waals surface area contributed by atoms with E-state index in [9.17, 15) is 5.26 Å². The van der Waals surface area contributed by atoms with Gasteiger partial charge in [-0.05, 0) is 24.3 Å². The minimum Gasteiger partial charge on any atom is -0.496 e. The number of pyridine rings is 1. The molecule has 4 nitrogen and oxygen atoms in total. The highest BCUT2D eigenvalue weighted by Crippen LogP contribution is 2.26. The fraction of sp³-hybridized carbons (Fsp3) is 0.0500. The van der Waals surface area contributed by atoms with E-state index in [-0.39, 0.29) is 0 Å². The molecule has 0 bridgehead atoms. The molecule has 0 N–H and O–H groups in total. The highest BCUT2D eigenvalue weighted by molar-refractivity contribution is 7.11. The molecule has 5 heteroatoms. The van der Waals surface area contributed by atoms with Crippen molar-refractivity contribution in [2.24, 2.45) is 0 Å². The summed E-state index contributed by atoms with van der Waals surface area (Å²) in [4.78, 5) is 8.56. The summed E-state index contributed by atoms with van der Waals surface area (Å²) in [5, 5.41) is 12.1. The number of rotatable bonds is 5. The summed E-state index contributed by atoms with van der Waals surface area (Å²) >= 11 is 1.45. The van der Waals surface area contributed by atoms with Crippen LogP contribution in [-0.2, 0) is 0 Å². The summed E-state index contributed by atoms with van der Waals surface area (Å²) in [6.45, 7) is 0. The molecule has 0 fully saturated rings. The van der Waals surface area contributed by atoms with Crippen molar-refractivity contribution in [2.45, 2.75) is 0 Å². The van der Waals surface area contributed by atoms with Crippen molar-refractivity contribution < 1.29 is 4.74 Å². The van der Waals surface area contributed by atoms with Crippen molar-refractivity contribution in [2.75, 3.05) is 7.11 Å². The van der Waals surface area contributed by atoms with Crippen LogP contribution in [0, 0.1) is 11.3 Å². The van der Waals surface area contributed by atoms with Crippen LogP contribution < -0.4 is 4.74 Å². The van der Waals surface area contributed by atoms with Gasteiger partial charge in [0.25, 0.3) is 0 Å². The van der Waals surface area contributed by atoms with Gasteiger partial charge >= 0.3 is 0 Å². The van der Waals surface area contributed by atoms with Gasteiger partial charge in [0.05, 0.1) is 18.4 Å². The highest BCUT2D eigenvalue weighted by Gasteiger charge is 2.08. The van der Waals surface area contributed by atoms with Crippen molar-refractivity contribution in [3.8, 4) is 23.1 Å². The fourth-order valence-corrected chi connectivity index (χ4v) is 3.06. The first kappa shape index (κ1) is 16.6. The van der Waals surface area contributed by atoms with Crippen LogP contribution in [0.5, 0.6) is 5.75 Å². The Balaban J connectivity index is 1.83. The zero-order valence-corrected chi connectivity index (χ0v) is 14.4. The number of nitrogens with zero attached hydrogens (tertiary/aromatic N) is 3. The zero-order chi connectivity index (χ0) is 17.5. The summed E-state index contributed by atoms with van der Waals surface area (Å²) in [5.74, 6) is 0.792. The Morgan fingerprint density at radius 3 is 2.76 bits per heavy atom. The van der Waals surface area contributed by atoms with Gasteiger partial charge in [0, 0.05) is 28.9 Å². The van der Waals surface area contributed by atoms with Gasteiger partial charge in [0.2, 0.25) is 0 Å². The number of thiazole rings is 1. The summed E-state index contributed by atoms with van der Waals surface area (Å²) < 4.78 is 5.31. The molecule has 2 heterocycles. The van der Waals surface area contributed by atoms with Crippen molar-refractivity contribution in [1.29, 1.82) is 5.26 Å². The molecule has 0 saturated heterocycles. The SMILES string of the molecule is COc1ccccc1C=CC=C(C#N)c1nc(-c2ccncc2)cs1. The molecule has 122 valence electrons. The van der Waals surface area contributed by atoms with E-state index in [4.69, 9.17) is 4.74 Å². The Morgan fingerprint density at radius 2 is 2.00 bits per heavy atom. The van der Waals surface area contributed by atoms with E-state index in [2.05, 4.69) is 16.0 Å². The van der Waals surface area contributed by atoms with Crippen LogP contribution in [0.1, 0.15) is 10.6 Å². The molecule has 2 aromatic heterocycles. The lowest BCUT2D eigenvalue weighted by molar-refractivity contribution is 0.414. The molecule has 3 aromatic rings. The standard InChI is InChI=1S/C20H15N3OS/c1-24-19-8-3-2-5-16(19)6-4-7-17(13-21)20-23-18(14-25-20)15-9-11-22-12-10-15/h2-12,14H,1H3. The smallest absolute Gasteiger partial charge is 0.134 e. The molecule has 0 aliphatic heterocycles. The van der Waals surface area contributed by atoms with Crippen LogP contribution >= 0.6 is 11.3 Å². The minimum atomic E-state index is 0.524. The Morgan fingerprint density at radius 1 is 1.20 bits per heavy atom. The van der Waals surface area contributed by atoms with E-state index in [0.717, 1.165) is 22.6 Å². The highest BCUT2D eigenvalue weighted by atomic mass is 32.1. The molecule has 25 heavy (non-hydrogen) atoms. The molecule has 0 spiro atoms. The first-order chi connectivity index (χ1) is 12.3. The largest absolute Gasteiger partial charge is 0.496 e. The normalized spacial score (nSPS) is 11.4.